The molecule has 0 aliphatic carbocycles. The van der Waals surface area contributed by atoms with Crippen molar-refractivity contribution >= 4 is 46.1 Å². The van der Waals surface area contributed by atoms with E-state index >= 15 is 0 Å². The average Bonchev–Trinajstić information content (AvgIpc) is 2.88. The van der Waals surface area contributed by atoms with Crippen LogP contribution in [0.5, 0.6) is 0 Å². The molecule has 0 fully saturated rings. The number of thioether (sulfide) groups is 1. The minimum absolute atomic E-state index is 0.171. The molecule has 1 aromatic rings. The van der Waals surface area contributed by atoms with E-state index in [-0.39, 0.29) is 18.3 Å². The quantitative estimate of drug-likeness (QED) is 0.752. The number of hydrogen-bond donors (Lipinski definition) is 3. The maximum Gasteiger partial charge on any atom is 0.234 e. The summed E-state index contributed by atoms with van der Waals surface area (Å²) >= 11 is 2.37. The molecule has 1 aliphatic heterocycles. The number of aliphatic hydroxyl groups is 2. The number of rotatable bonds is 6. The number of fused-ring (bicyclic) bond motifs is 1. The van der Waals surface area contributed by atoms with Crippen molar-refractivity contribution in [3.63, 3.8) is 0 Å². The number of nitrogens with zero attached hydrogens (tertiary/aromatic N) is 2. The van der Waals surface area contributed by atoms with Gasteiger partial charge in [-0.15, -0.1) is 11.8 Å². The number of aliphatic hydroxyl groups excluding tert-OH is 2. The van der Waals surface area contributed by atoms with E-state index in [9.17, 15) is 4.79 Å². The summed E-state index contributed by atoms with van der Waals surface area (Å²) in [7, 11) is 0. The second-order valence-corrected chi connectivity index (χ2v) is 5.40. The molecule has 0 aromatic heterocycles. The van der Waals surface area contributed by atoms with Crippen molar-refractivity contribution in [2.45, 2.75) is 6.10 Å². The Labute approximate surface area is 118 Å². The van der Waals surface area contributed by atoms with Crippen LogP contribution in [-0.2, 0) is 16.1 Å². The number of nitrogens with one attached hydrogen (secondary N) is 1. The minimum atomic E-state index is -0.788. The molecule has 0 spiro atoms. The first-order valence-electron chi connectivity index (χ1n) is 5.58. The maximum absolute atomic E-state index is 11.7. The van der Waals surface area contributed by atoms with Gasteiger partial charge in [0.25, 0.3) is 0 Å². The second kappa shape index (κ2) is 6.80. The molecule has 0 saturated carbocycles. The van der Waals surface area contributed by atoms with Crippen LogP contribution in [0, 0.1) is 0 Å². The van der Waals surface area contributed by atoms with Gasteiger partial charge in [-0.3, -0.25) is 4.79 Å². The Kier molecular flexibility index (Phi) is 5.08. The first-order valence-corrected chi connectivity index (χ1v) is 7.47. The van der Waals surface area contributed by atoms with Crippen molar-refractivity contribution in [1.29, 1.82) is 0 Å². The van der Waals surface area contributed by atoms with Gasteiger partial charge in [0.05, 0.1) is 35.5 Å². The van der Waals surface area contributed by atoms with Gasteiger partial charge in [-0.05, 0) is 12.1 Å². The van der Waals surface area contributed by atoms with E-state index in [1.54, 1.807) is 6.07 Å². The van der Waals surface area contributed by atoms with Crippen LogP contribution in [0.1, 0.15) is 0 Å². The molecule has 19 heavy (non-hydrogen) atoms. The molecular weight excluding hydrogens is 286 g/mol. The van der Waals surface area contributed by atoms with Gasteiger partial charge >= 0.3 is 0 Å². The molecule has 1 heterocycles. The Balaban J connectivity index is 1.87. The summed E-state index contributed by atoms with van der Waals surface area (Å²) in [6, 6.07) is 5.41. The van der Waals surface area contributed by atoms with E-state index in [4.69, 9.17) is 10.2 Å². The highest BCUT2D eigenvalue weighted by Gasteiger charge is 2.13. The lowest BCUT2D eigenvalue weighted by atomic mass is 10.2. The maximum atomic E-state index is 11.7. The molecule has 6 nitrogen and oxygen atoms in total. The van der Waals surface area contributed by atoms with Crippen LogP contribution < -0.4 is 5.32 Å². The highest BCUT2D eigenvalue weighted by Crippen LogP contribution is 2.38. The lowest BCUT2D eigenvalue weighted by Crippen LogP contribution is -2.19. The molecule has 102 valence electrons. The Hall–Kier alpha value is -1.22. The van der Waals surface area contributed by atoms with Crippen molar-refractivity contribution in [3.05, 3.63) is 18.2 Å². The first-order chi connectivity index (χ1) is 9.20. The number of carbonyl (C=O) groups is 1. The lowest BCUT2D eigenvalue weighted by molar-refractivity contribution is -0.113. The summed E-state index contributed by atoms with van der Waals surface area (Å²) in [4.78, 5) is 11.7. The molecule has 1 aromatic carbocycles. The SMILES string of the molecule is O=C(CSCC(O)CO)Nc1cccc2c1N=S=N2. The molecule has 1 unspecified atom stereocenters. The van der Waals surface area contributed by atoms with Crippen LogP contribution in [0.15, 0.2) is 26.9 Å². The molecule has 1 aliphatic rings. The van der Waals surface area contributed by atoms with Gasteiger partial charge in [-0.25, -0.2) is 0 Å². The monoisotopic (exact) mass is 299 g/mol. The molecular formula is C11H13N3O3S2. The van der Waals surface area contributed by atoms with Gasteiger partial charge in [0.2, 0.25) is 5.91 Å². The molecule has 3 N–H and O–H groups in total. The van der Waals surface area contributed by atoms with E-state index in [0.717, 1.165) is 17.0 Å². The Morgan fingerprint density at radius 2 is 2.32 bits per heavy atom. The van der Waals surface area contributed by atoms with E-state index in [0.29, 0.717) is 17.1 Å². The third-order valence-electron chi connectivity index (χ3n) is 2.31. The van der Waals surface area contributed by atoms with Gasteiger partial charge in [0, 0.05) is 5.75 Å². The molecule has 2 rings (SSSR count). The molecule has 0 bridgehead atoms. The molecule has 1 amide bonds. The van der Waals surface area contributed by atoms with Crippen LogP contribution in [-0.4, -0.2) is 40.3 Å². The normalized spacial score (nSPS) is 13.8. The number of anilines is 1. The third-order valence-corrected chi connectivity index (χ3v) is 3.94. The van der Waals surface area contributed by atoms with Gasteiger partial charge in [-0.1, -0.05) is 6.07 Å². The lowest BCUT2D eigenvalue weighted by Gasteiger charge is -2.08. The van der Waals surface area contributed by atoms with Crippen LogP contribution >= 0.6 is 11.8 Å². The highest BCUT2D eigenvalue weighted by atomic mass is 32.2. The van der Waals surface area contributed by atoms with Crippen molar-refractivity contribution in [2.24, 2.45) is 8.73 Å². The molecule has 0 radical (unpaired) electrons. The fraction of sp³-hybridized carbons (Fsp3) is 0.364. The first kappa shape index (κ1) is 14.2. The van der Waals surface area contributed by atoms with E-state index < -0.39 is 6.10 Å². The van der Waals surface area contributed by atoms with E-state index in [2.05, 4.69) is 14.0 Å². The number of hydrogen-bond acceptors (Lipinski definition) is 6. The van der Waals surface area contributed by atoms with E-state index in [1.165, 1.54) is 11.8 Å². The minimum Gasteiger partial charge on any atom is -0.394 e. The van der Waals surface area contributed by atoms with Gasteiger partial charge in [-0.2, -0.15) is 8.73 Å². The van der Waals surface area contributed by atoms with Gasteiger partial charge in [0.15, 0.2) is 0 Å². The average molecular weight is 299 g/mol. The molecule has 8 heteroatoms. The fourth-order valence-electron chi connectivity index (χ4n) is 1.43. The topological polar surface area (TPSA) is 94.3 Å². The van der Waals surface area contributed by atoms with Crippen LogP contribution in [0.2, 0.25) is 0 Å². The summed E-state index contributed by atoms with van der Waals surface area (Å²) in [5, 5.41) is 20.6. The Morgan fingerprint density at radius 3 is 3.11 bits per heavy atom. The Bertz CT molecular complexity index is 544. The predicted molar refractivity (Wildman–Crippen MR) is 77.0 cm³/mol. The zero-order valence-corrected chi connectivity index (χ0v) is 11.6. The summed E-state index contributed by atoms with van der Waals surface area (Å²) in [6.07, 6.45) is -0.788. The van der Waals surface area contributed by atoms with Crippen molar-refractivity contribution in [3.8, 4) is 0 Å². The largest absolute Gasteiger partial charge is 0.394 e. The smallest absolute Gasteiger partial charge is 0.234 e. The van der Waals surface area contributed by atoms with Crippen LogP contribution in [0.3, 0.4) is 0 Å². The zero-order chi connectivity index (χ0) is 13.7. The zero-order valence-electron chi connectivity index (χ0n) is 9.94. The molecule has 0 saturated heterocycles. The molecule has 1 atom stereocenters. The van der Waals surface area contributed by atoms with Crippen molar-refractivity contribution in [2.75, 3.05) is 23.4 Å². The van der Waals surface area contributed by atoms with Gasteiger partial charge in [0.1, 0.15) is 11.4 Å². The van der Waals surface area contributed by atoms with Crippen molar-refractivity contribution in [1.82, 2.24) is 0 Å². The van der Waals surface area contributed by atoms with Crippen molar-refractivity contribution < 1.29 is 15.0 Å². The van der Waals surface area contributed by atoms with E-state index in [1.807, 2.05) is 12.1 Å². The standard InChI is InChI=1S/C11H13N3O3S2/c15-4-7(16)5-18-6-10(17)12-8-2-1-3-9-11(8)14-19-13-9/h1-3,7,15-16H,4-6H2,(H,12,17). The summed E-state index contributed by atoms with van der Waals surface area (Å²) in [5.41, 5.74) is 2.08. The third kappa shape index (κ3) is 3.87. The number of benzene rings is 1. The summed E-state index contributed by atoms with van der Waals surface area (Å²) in [6.45, 7) is -0.293. The number of carbonyl (C=O) groups excluding carboxylic acids is 1. The fourth-order valence-corrected chi connectivity index (χ4v) is 2.74. The Morgan fingerprint density at radius 1 is 1.47 bits per heavy atom. The summed E-state index contributed by atoms with van der Waals surface area (Å²) < 4.78 is 8.23. The van der Waals surface area contributed by atoms with Gasteiger partial charge < -0.3 is 15.5 Å². The highest BCUT2D eigenvalue weighted by molar-refractivity contribution is 8.00. The predicted octanol–water partition coefficient (Wildman–Crippen LogP) is 1.44. The number of amides is 1. The van der Waals surface area contributed by atoms with Crippen LogP contribution in [0.25, 0.3) is 0 Å². The summed E-state index contributed by atoms with van der Waals surface area (Å²) in [5.74, 6) is 0.368. The van der Waals surface area contributed by atoms with Crippen LogP contribution in [0.4, 0.5) is 17.1 Å². The second-order valence-electron chi connectivity index (χ2n) is 3.84.